The van der Waals surface area contributed by atoms with E-state index >= 15 is 0 Å². The molecule has 1 spiro atoms. The van der Waals surface area contributed by atoms with Gasteiger partial charge in [-0.25, -0.2) is 0 Å². The summed E-state index contributed by atoms with van der Waals surface area (Å²) in [5.74, 6) is 0.191. The lowest BCUT2D eigenvalue weighted by Crippen LogP contribution is -2.50. The Balaban J connectivity index is 1.83. The quantitative estimate of drug-likeness (QED) is 0.899. The van der Waals surface area contributed by atoms with E-state index in [0.29, 0.717) is 0 Å². The summed E-state index contributed by atoms with van der Waals surface area (Å²) in [4.78, 5) is 0. The van der Waals surface area contributed by atoms with Crippen LogP contribution in [0.2, 0.25) is 0 Å². The van der Waals surface area contributed by atoms with Gasteiger partial charge in [-0.15, -0.1) is 0 Å². The summed E-state index contributed by atoms with van der Waals surface area (Å²) in [6.07, 6.45) is 7.92. The smallest absolute Gasteiger partial charge is 0.105 e. The van der Waals surface area contributed by atoms with Gasteiger partial charge in [0.05, 0.1) is 5.60 Å². The first-order valence-corrected chi connectivity index (χ1v) is 8.30. The zero-order valence-corrected chi connectivity index (χ0v) is 12.8. The zero-order chi connectivity index (χ0) is 14.8. The summed E-state index contributed by atoms with van der Waals surface area (Å²) in [5.41, 5.74) is 6.02. The Labute approximate surface area is 127 Å². The third-order valence-corrected chi connectivity index (χ3v) is 5.52. The minimum atomic E-state index is -0.921. The van der Waals surface area contributed by atoms with Crippen LogP contribution in [0.1, 0.15) is 50.5 Å². The van der Waals surface area contributed by atoms with Crippen LogP contribution in [0.4, 0.5) is 0 Å². The molecule has 0 bridgehead atoms. The first-order valence-electron chi connectivity index (χ1n) is 8.30. The molecule has 1 saturated heterocycles. The Morgan fingerprint density at radius 2 is 1.90 bits per heavy atom. The Morgan fingerprint density at radius 1 is 1.19 bits per heavy atom. The van der Waals surface area contributed by atoms with Gasteiger partial charge in [0.15, 0.2) is 0 Å². The van der Waals surface area contributed by atoms with E-state index in [1.165, 1.54) is 19.3 Å². The third-order valence-electron chi connectivity index (χ3n) is 5.52. The minimum Gasteiger partial charge on any atom is -0.384 e. The third kappa shape index (κ3) is 2.87. The molecule has 2 fully saturated rings. The van der Waals surface area contributed by atoms with Crippen molar-refractivity contribution in [1.82, 2.24) is 0 Å². The second-order valence-electron chi connectivity index (χ2n) is 6.78. The molecule has 0 radical (unpaired) electrons. The van der Waals surface area contributed by atoms with Crippen molar-refractivity contribution in [3.05, 3.63) is 35.9 Å². The van der Waals surface area contributed by atoms with Crippen molar-refractivity contribution in [1.29, 1.82) is 0 Å². The van der Waals surface area contributed by atoms with Crippen molar-refractivity contribution in [3.63, 3.8) is 0 Å². The van der Waals surface area contributed by atoms with Crippen molar-refractivity contribution in [2.24, 2.45) is 11.7 Å². The molecule has 1 aromatic carbocycles. The maximum absolute atomic E-state index is 11.2. The second kappa shape index (κ2) is 6.07. The van der Waals surface area contributed by atoms with Crippen LogP contribution < -0.4 is 5.73 Å². The van der Waals surface area contributed by atoms with Crippen LogP contribution in [-0.4, -0.2) is 23.9 Å². The van der Waals surface area contributed by atoms with Crippen LogP contribution >= 0.6 is 0 Å². The summed E-state index contributed by atoms with van der Waals surface area (Å²) in [5, 5.41) is 11.2. The lowest BCUT2D eigenvalue weighted by Gasteiger charge is -2.48. The van der Waals surface area contributed by atoms with Crippen LogP contribution in [0.25, 0.3) is 0 Å². The molecule has 1 aliphatic carbocycles. The van der Waals surface area contributed by atoms with Gasteiger partial charge in [-0.2, -0.15) is 0 Å². The average molecular weight is 289 g/mol. The monoisotopic (exact) mass is 289 g/mol. The zero-order valence-electron chi connectivity index (χ0n) is 12.8. The number of rotatable bonds is 3. The van der Waals surface area contributed by atoms with E-state index in [4.69, 9.17) is 10.5 Å². The predicted octanol–water partition coefficient (Wildman–Crippen LogP) is 2.96. The topological polar surface area (TPSA) is 55.5 Å². The number of ether oxygens (including phenoxy) is 1. The molecular formula is C18H27NO2. The highest BCUT2D eigenvalue weighted by Gasteiger charge is 2.46. The van der Waals surface area contributed by atoms with E-state index in [9.17, 15) is 5.11 Å². The maximum atomic E-state index is 11.2. The molecule has 2 atom stereocenters. The summed E-state index contributed by atoms with van der Waals surface area (Å²) in [7, 11) is 0. The first-order chi connectivity index (χ1) is 10.2. The van der Waals surface area contributed by atoms with Crippen molar-refractivity contribution >= 4 is 0 Å². The van der Waals surface area contributed by atoms with Gasteiger partial charge in [0.1, 0.15) is 5.60 Å². The molecule has 21 heavy (non-hydrogen) atoms. The molecule has 3 heteroatoms. The highest BCUT2D eigenvalue weighted by Crippen LogP contribution is 2.46. The van der Waals surface area contributed by atoms with Crippen LogP contribution in [0.15, 0.2) is 30.3 Å². The fourth-order valence-corrected chi connectivity index (χ4v) is 4.23. The van der Waals surface area contributed by atoms with E-state index in [-0.39, 0.29) is 18.1 Å². The molecule has 1 heterocycles. The lowest BCUT2D eigenvalue weighted by molar-refractivity contribution is -0.156. The van der Waals surface area contributed by atoms with Gasteiger partial charge in [-0.1, -0.05) is 49.6 Å². The molecular weight excluding hydrogens is 262 g/mol. The van der Waals surface area contributed by atoms with Crippen LogP contribution in [-0.2, 0) is 10.3 Å². The van der Waals surface area contributed by atoms with Gasteiger partial charge in [0.25, 0.3) is 0 Å². The van der Waals surface area contributed by atoms with Crippen LogP contribution in [0.5, 0.6) is 0 Å². The van der Waals surface area contributed by atoms with Gasteiger partial charge < -0.3 is 15.6 Å². The summed E-state index contributed by atoms with van der Waals surface area (Å²) < 4.78 is 6.16. The van der Waals surface area contributed by atoms with E-state index in [0.717, 1.165) is 37.9 Å². The Kier molecular flexibility index (Phi) is 4.34. The molecule has 0 amide bonds. The van der Waals surface area contributed by atoms with Crippen molar-refractivity contribution in [2.45, 2.75) is 56.1 Å². The Bertz CT molecular complexity index is 450. The van der Waals surface area contributed by atoms with Crippen molar-refractivity contribution in [3.8, 4) is 0 Å². The van der Waals surface area contributed by atoms with Gasteiger partial charge in [-0.3, -0.25) is 0 Å². The SMILES string of the molecule is NCC(O)(c1ccccc1)C1CCOC2(CCCCC2)C1. The number of nitrogens with two attached hydrogens (primary N) is 1. The van der Waals surface area contributed by atoms with Gasteiger partial charge >= 0.3 is 0 Å². The van der Waals surface area contributed by atoms with Gasteiger partial charge in [-0.05, 0) is 37.2 Å². The number of hydrogen-bond acceptors (Lipinski definition) is 3. The van der Waals surface area contributed by atoms with E-state index in [2.05, 4.69) is 0 Å². The molecule has 1 aromatic rings. The Hall–Kier alpha value is -0.900. The highest BCUT2D eigenvalue weighted by atomic mass is 16.5. The largest absolute Gasteiger partial charge is 0.384 e. The fourth-order valence-electron chi connectivity index (χ4n) is 4.23. The van der Waals surface area contributed by atoms with E-state index < -0.39 is 5.60 Å². The summed E-state index contributed by atoms with van der Waals surface area (Å²) in [6, 6.07) is 9.93. The number of hydrogen-bond donors (Lipinski definition) is 2. The van der Waals surface area contributed by atoms with E-state index in [1.54, 1.807) is 0 Å². The molecule has 2 unspecified atom stereocenters. The average Bonchev–Trinajstić information content (AvgIpc) is 2.56. The molecule has 2 aliphatic rings. The van der Waals surface area contributed by atoms with Crippen molar-refractivity contribution in [2.75, 3.05) is 13.2 Å². The molecule has 116 valence electrons. The molecule has 0 aromatic heterocycles. The molecule has 3 N–H and O–H groups in total. The minimum absolute atomic E-state index is 0.000896. The molecule has 1 saturated carbocycles. The number of benzene rings is 1. The maximum Gasteiger partial charge on any atom is 0.105 e. The predicted molar refractivity (Wildman–Crippen MR) is 83.9 cm³/mol. The van der Waals surface area contributed by atoms with Gasteiger partial charge in [0, 0.05) is 13.2 Å². The normalized spacial score (nSPS) is 28.2. The fraction of sp³-hybridized carbons (Fsp3) is 0.667. The lowest BCUT2D eigenvalue weighted by atomic mass is 9.69. The Morgan fingerprint density at radius 3 is 2.57 bits per heavy atom. The molecule has 1 aliphatic heterocycles. The van der Waals surface area contributed by atoms with Gasteiger partial charge in [0.2, 0.25) is 0 Å². The van der Waals surface area contributed by atoms with Crippen LogP contribution in [0.3, 0.4) is 0 Å². The van der Waals surface area contributed by atoms with Crippen LogP contribution in [0, 0.1) is 5.92 Å². The van der Waals surface area contributed by atoms with Crippen molar-refractivity contribution < 1.29 is 9.84 Å². The molecule has 3 rings (SSSR count). The standard InChI is InChI=1S/C18H27NO2/c19-14-18(20,15-7-3-1-4-8-15)16-9-12-21-17(13-16)10-5-2-6-11-17/h1,3-4,7-8,16,20H,2,5-6,9-14,19H2. The molecule has 3 nitrogen and oxygen atoms in total. The summed E-state index contributed by atoms with van der Waals surface area (Å²) >= 11 is 0. The first kappa shape index (κ1) is 15.0. The second-order valence-corrected chi connectivity index (χ2v) is 6.78. The highest BCUT2D eigenvalue weighted by molar-refractivity contribution is 5.24. The summed E-state index contributed by atoms with van der Waals surface area (Å²) in [6.45, 7) is 1.03. The van der Waals surface area contributed by atoms with E-state index in [1.807, 2.05) is 30.3 Å². The number of aliphatic hydroxyl groups is 1.